The van der Waals surface area contributed by atoms with E-state index in [1.54, 1.807) is 13.3 Å². The molecule has 0 aliphatic carbocycles. The monoisotopic (exact) mass is 220 g/mol. The van der Waals surface area contributed by atoms with Crippen LogP contribution in [-0.4, -0.2) is 35.2 Å². The minimum absolute atomic E-state index is 0.718. The lowest BCUT2D eigenvalue weighted by molar-refractivity contribution is 0.199. The molecule has 2 heterocycles. The van der Waals surface area contributed by atoms with Gasteiger partial charge in [0.2, 0.25) is 0 Å². The Balaban J connectivity index is 2.11. The van der Waals surface area contributed by atoms with Gasteiger partial charge in [0.15, 0.2) is 5.65 Å². The van der Waals surface area contributed by atoms with Crippen molar-refractivity contribution in [2.45, 2.75) is 13.5 Å². The van der Waals surface area contributed by atoms with Crippen molar-refractivity contribution in [3.63, 3.8) is 0 Å². The first-order chi connectivity index (χ1) is 7.81. The van der Waals surface area contributed by atoms with E-state index < -0.39 is 0 Å². The molecule has 0 saturated carbocycles. The SMILES string of the molecule is COCCNCc1ccnc2nc(C)[nH]c12. The summed E-state index contributed by atoms with van der Waals surface area (Å²) in [7, 11) is 1.70. The second kappa shape index (κ2) is 5.05. The summed E-state index contributed by atoms with van der Waals surface area (Å²) in [4.78, 5) is 11.7. The van der Waals surface area contributed by atoms with E-state index in [-0.39, 0.29) is 0 Å². The van der Waals surface area contributed by atoms with Gasteiger partial charge in [-0.1, -0.05) is 0 Å². The fraction of sp³-hybridized carbons (Fsp3) is 0.455. The summed E-state index contributed by atoms with van der Waals surface area (Å²) in [5, 5.41) is 3.30. The van der Waals surface area contributed by atoms with E-state index in [4.69, 9.17) is 4.74 Å². The second-order valence-electron chi connectivity index (χ2n) is 3.66. The van der Waals surface area contributed by atoms with Gasteiger partial charge in [-0.2, -0.15) is 0 Å². The van der Waals surface area contributed by atoms with Gasteiger partial charge in [-0.15, -0.1) is 0 Å². The first kappa shape index (κ1) is 11.0. The molecular formula is C11H16N4O. The van der Waals surface area contributed by atoms with Crippen molar-refractivity contribution >= 4 is 11.2 Å². The Morgan fingerprint density at radius 3 is 3.19 bits per heavy atom. The fourth-order valence-electron chi connectivity index (χ4n) is 1.62. The zero-order chi connectivity index (χ0) is 11.4. The van der Waals surface area contributed by atoms with Gasteiger partial charge in [0.25, 0.3) is 0 Å². The van der Waals surface area contributed by atoms with Gasteiger partial charge < -0.3 is 15.0 Å². The zero-order valence-electron chi connectivity index (χ0n) is 9.58. The Bertz CT molecular complexity index is 466. The highest BCUT2D eigenvalue weighted by molar-refractivity contribution is 5.74. The van der Waals surface area contributed by atoms with Gasteiger partial charge in [-0.05, 0) is 18.6 Å². The summed E-state index contributed by atoms with van der Waals surface area (Å²) in [6.07, 6.45) is 1.79. The number of fused-ring (bicyclic) bond motifs is 1. The van der Waals surface area contributed by atoms with Crippen LogP contribution in [0.2, 0.25) is 0 Å². The lowest BCUT2D eigenvalue weighted by atomic mass is 10.2. The molecule has 0 fully saturated rings. The van der Waals surface area contributed by atoms with E-state index in [1.807, 2.05) is 13.0 Å². The molecule has 5 nitrogen and oxygen atoms in total. The topological polar surface area (TPSA) is 62.8 Å². The molecular weight excluding hydrogens is 204 g/mol. The highest BCUT2D eigenvalue weighted by atomic mass is 16.5. The normalized spacial score (nSPS) is 11.1. The molecule has 2 N–H and O–H groups in total. The summed E-state index contributed by atoms with van der Waals surface area (Å²) in [5.74, 6) is 0.895. The maximum absolute atomic E-state index is 4.98. The predicted molar refractivity (Wildman–Crippen MR) is 62.2 cm³/mol. The minimum Gasteiger partial charge on any atom is -0.383 e. The summed E-state index contributed by atoms with van der Waals surface area (Å²) in [6, 6.07) is 2.00. The molecule has 5 heteroatoms. The Hall–Kier alpha value is -1.46. The van der Waals surface area contributed by atoms with Crippen molar-refractivity contribution < 1.29 is 4.74 Å². The van der Waals surface area contributed by atoms with Gasteiger partial charge in [0.05, 0.1) is 12.1 Å². The van der Waals surface area contributed by atoms with Crippen molar-refractivity contribution in [3.05, 3.63) is 23.7 Å². The van der Waals surface area contributed by atoms with Crippen LogP contribution < -0.4 is 5.32 Å². The number of aryl methyl sites for hydroxylation is 1. The number of hydrogen-bond donors (Lipinski definition) is 2. The average Bonchev–Trinajstić information content (AvgIpc) is 2.65. The number of hydrogen-bond acceptors (Lipinski definition) is 4. The van der Waals surface area contributed by atoms with Crippen molar-refractivity contribution in [3.8, 4) is 0 Å². The number of aromatic nitrogens is 3. The van der Waals surface area contributed by atoms with Gasteiger partial charge in [-0.25, -0.2) is 9.97 Å². The zero-order valence-corrected chi connectivity index (χ0v) is 9.58. The number of nitrogens with one attached hydrogen (secondary N) is 2. The van der Waals surface area contributed by atoms with Crippen LogP contribution in [0.4, 0.5) is 0 Å². The van der Waals surface area contributed by atoms with Crippen LogP contribution in [0.15, 0.2) is 12.3 Å². The van der Waals surface area contributed by atoms with E-state index in [1.165, 1.54) is 5.56 Å². The predicted octanol–water partition coefficient (Wildman–Crippen LogP) is 1.00. The molecule has 86 valence electrons. The van der Waals surface area contributed by atoms with E-state index in [2.05, 4.69) is 20.3 Å². The number of rotatable bonds is 5. The maximum atomic E-state index is 4.98. The van der Waals surface area contributed by atoms with Crippen LogP contribution in [0.25, 0.3) is 11.2 Å². The van der Waals surface area contributed by atoms with Crippen LogP contribution in [0, 0.1) is 6.92 Å². The lowest BCUT2D eigenvalue weighted by Crippen LogP contribution is -2.18. The molecule has 0 unspecified atom stereocenters. The third kappa shape index (κ3) is 2.37. The number of imidazole rings is 1. The number of pyridine rings is 1. The molecule has 0 saturated heterocycles. The van der Waals surface area contributed by atoms with Crippen molar-refractivity contribution in [2.24, 2.45) is 0 Å². The molecule has 0 aliphatic heterocycles. The van der Waals surface area contributed by atoms with Crippen LogP contribution >= 0.6 is 0 Å². The van der Waals surface area contributed by atoms with Gasteiger partial charge >= 0.3 is 0 Å². The molecule has 0 aliphatic rings. The van der Waals surface area contributed by atoms with Crippen molar-refractivity contribution in [2.75, 3.05) is 20.3 Å². The first-order valence-corrected chi connectivity index (χ1v) is 5.31. The molecule has 2 rings (SSSR count). The summed E-state index contributed by atoms with van der Waals surface area (Å²) < 4.78 is 4.98. The number of nitrogens with zero attached hydrogens (tertiary/aromatic N) is 2. The molecule has 2 aromatic heterocycles. The molecule has 0 bridgehead atoms. The van der Waals surface area contributed by atoms with Gasteiger partial charge in [-0.3, -0.25) is 0 Å². The van der Waals surface area contributed by atoms with Gasteiger partial charge in [0.1, 0.15) is 5.82 Å². The number of ether oxygens (including phenoxy) is 1. The summed E-state index contributed by atoms with van der Waals surface area (Å²) in [6.45, 7) is 4.29. The third-order valence-electron chi connectivity index (χ3n) is 2.40. The summed E-state index contributed by atoms with van der Waals surface area (Å²) in [5.41, 5.74) is 2.98. The largest absolute Gasteiger partial charge is 0.383 e. The quantitative estimate of drug-likeness (QED) is 0.738. The van der Waals surface area contributed by atoms with Crippen molar-refractivity contribution in [1.82, 2.24) is 20.3 Å². The van der Waals surface area contributed by atoms with Gasteiger partial charge in [0, 0.05) is 26.4 Å². The smallest absolute Gasteiger partial charge is 0.177 e. The van der Waals surface area contributed by atoms with E-state index >= 15 is 0 Å². The van der Waals surface area contributed by atoms with Crippen LogP contribution in [0.3, 0.4) is 0 Å². The minimum atomic E-state index is 0.718. The molecule has 0 spiro atoms. The third-order valence-corrected chi connectivity index (χ3v) is 2.40. The molecule has 0 aromatic carbocycles. The lowest BCUT2D eigenvalue weighted by Gasteiger charge is -2.04. The van der Waals surface area contributed by atoms with Crippen LogP contribution in [-0.2, 0) is 11.3 Å². The number of methoxy groups -OCH3 is 1. The Morgan fingerprint density at radius 2 is 2.38 bits per heavy atom. The van der Waals surface area contributed by atoms with E-state index in [0.717, 1.165) is 36.7 Å². The van der Waals surface area contributed by atoms with Crippen LogP contribution in [0.5, 0.6) is 0 Å². The van der Waals surface area contributed by atoms with Crippen LogP contribution in [0.1, 0.15) is 11.4 Å². The Labute approximate surface area is 94.2 Å². The fourth-order valence-corrected chi connectivity index (χ4v) is 1.62. The standard InChI is InChI=1S/C11H16N4O/c1-8-14-10-9(7-12-5-6-16-2)3-4-13-11(10)15-8/h3-4,12H,5-7H2,1-2H3,(H,13,14,15). The molecule has 0 radical (unpaired) electrons. The molecule has 16 heavy (non-hydrogen) atoms. The average molecular weight is 220 g/mol. The molecule has 0 atom stereocenters. The Kier molecular flexibility index (Phi) is 3.48. The van der Waals surface area contributed by atoms with E-state index in [0.29, 0.717) is 0 Å². The summed E-state index contributed by atoms with van der Waals surface area (Å²) >= 11 is 0. The Morgan fingerprint density at radius 1 is 1.50 bits per heavy atom. The van der Waals surface area contributed by atoms with E-state index in [9.17, 15) is 0 Å². The first-order valence-electron chi connectivity index (χ1n) is 5.31. The second-order valence-corrected chi connectivity index (χ2v) is 3.66. The molecule has 2 aromatic rings. The highest BCUT2D eigenvalue weighted by Gasteiger charge is 2.05. The number of H-pyrrole nitrogens is 1. The number of aromatic amines is 1. The maximum Gasteiger partial charge on any atom is 0.177 e. The van der Waals surface area contributed by atoms with Crippen molar-refractivity contribution in [1.29, 1.82) is 0 Å². The highest BCUT2D eigenvalue weighted by Crippen LogP contribution is 2.13. The molecule has 0 amide bonds.